The van der Waals surface area contributed by atoms with Crippen LogP contribution in [-0.4, -0.2) is 11.5 Å². The number of aryl methyl sites for hydroxylation is 2. The molecule has 0 N–H and O–H groups in total. The lowest BCUT2D eigenvalue weighted by Gasteiger charge is -2.43. The molecule has 0 spiro atoms. The fourth-order valence-corrected chi connectivity index (χ4v) is 4.77. The van der Waals surface area contributed by atoms with E-state index in [0.29, 0.717) is 23.4 Å². The van der Waals surface area contributed by atoms with E-state index in [4.69, 9.17) is 4.74 Å². The predicted octanol–water partition coefficient (Wildman–Crippen LogP) is 5.58. The van der Waals surface area contributed by atoms with Gasteiger partial charge >= 0.3 is 0 Å². The van der Waals surface area contributed by atoms with Gasteiger partial charge in [-0.2, -0.15) is 0 Å². The number of benzene rings is 1. The van der Waals surface area contributed by atoms with Crippen LogP contribution in [0.5, 0.6) is 0 Å². The van der Waals surface area contributed by atoms with E-state index in [1.54, 1.807) is 0 Å². The molecule has 0 saturated carbocycles. The van der Waals surface area contributed by atoms with E-state index in [-0.39, 0.29) is 0 Å². The number of rotatable bonds is 4. The maximum Gasteiger partial charge on any atom is 0.106 e. The van der Waals surface area contributed by atoms with E-state index in [1.165, 1.54) is 16.7 Å². The summed E-state index contributed by atoms with van der Waals surface area (Å²) in [5.74, 6) is 3.08. The minimum Gasteiger partial charge on any atom is -0.364 e. The first kappa shape index (κ1) is 16.9. The van der Waals surface area contributed by atoms with E-state index < -0.39 is 0 Å². The van der Waals surface area contributed by atoms with Gasteiger partial charge in [0.1, 0.15) is 5.44 Å². The van der Waals surface area contributed by atoms with Crippen LogP contribution < -0.4 is 0 Å². The lowest BCUT2D eigenvalue weighted by atomic mass is 9.79. The molecule has 5 unspecified atom stereocenters. The fraction of sp³-hybridized carbons (Fsp3) is 0.684. The molecular formula is C19H30OS. The summed E-state index contributed by atoms with van der Waals surface area (Å²) >= 11 is 1.98. The first-order chi connectivity index (χ1) is 9.92. The third-order valence-electron chi connectivity index (χ3n) is 5.08. The third kappa shape index (κ3) is 4.04. The predicted molar refractivity (Wildman–Crippen MR) is 93.7 cm³/mol. The fourth-order valence-electron chi connectivity index (χ4n) is 3.48. The van der Waals surface area contributed by atoms with Crippen LogP contribution in [0.15, 0.2) is 18.2 Å². The average Bonchev–Trinajstić information content (AvgIpc) is 2.43. The van der Waals surface area contributed by atoms with Gasteiger partial charge in [-0.05, 0) is 43.6 Å². The highest BCUT2D eigenvalue weighted by atomic mass is 32.2. The van der Waals surface area contributed by atoms with E-state index in [1.807, 2.05) is 11.8 Å². The highest BCUT2D eigenvalue weighted by molar-refractivity contribution is 7.99. The topological polar surface area (TPSA) is 9.23 Å². The first-order valence-electron chi connectivity index (χ1n) is 8.26. The summed E-state index contributed by atoms with van der Waals surface area (Å²) in [5.41, 5.74) is 4.47. The van der Waals surface area contributed by atoms with Crippen molar-refractivity contribution in [2.24, 2.45) is 17.8 Å². The monoisotopic (exact) mass is 306 g/mol. The van der Waals surface area contributed by atoms with Crippen molar-refractivity contribution in [3.63, 3.8) is 0 Å². The van der Waals surface area contributed by atoms with Crippen LogP contribution >= 0.6 is 11.8 Å². The van der Waals surface area contributed by atoms with Crippen LogP contribution in [0.3, 0.4) is 0 Å². The van der Waals surface area contributed by atoms with Crippen molar-refractivity contribution in [1.82, 2.24) is 0 Å². The van der Waals surface area contributed by atoms with E-state index in [2.05, 4.69) is 59.7 Å². The number of thioether (sulfide) groups is 1. The summed E-state index contributed by atoms with van der Waals surface area (Å²) in [7, 11) is 0. The van der Waals surface area contributed by atoms with Crippen molar-refractivity contribution in [1.29, 1.82) is 0 Å². The van der Waals surface area contributed by atoms with E-state index >= 15 is 0 Å². The van der Waals surface area contributed by atoms with Gasteiger partial charge in [-0.1, -0.05) is 57.0 Å². The van der Waals surface area contributed by atoms with Crippen molar-refractivity contribution in [3.05, 3.63) is 34.9 Å². The molecule has 1 aliphatic heterocycles. The molecule has 0 radical (unpaired) electrons. The van der Waals surface area contributed by atoms with E-state index in [0.717, 1.165) is 18.1 Å². The number of hydrogen-bond acceptors (Lipinski definition) is 2. The molecule has 0 aliphatic carbocycles. The summed E-state index contributed by atoms with van der Waals surface area (Å²) in [6, 6.07) is 6.85. The molecule has 1 fully saturated rings. The maximum atomic E-state index is 6.38. The van der Waals surface area contributed by atoms with Gasteiger partial charge in [0.25, 0.3) is 0 Å². The molecule has 0 bridgehead atoms. The highest BCUT2D eigenvalue weighted by Gasteiger charge is 2.38. The van der Waals surface area contributed by atoms with Gasteiger partial charge in [-0.25, -0.2) is 0 Å². The van der Waals surface area contributed by atoms with Gasteiger partial charge in [-0.15, -0.1) is 11.8 Å². The zero-order chi connectivity index (χ0) is 15.6. The Bertz CT molecular complexity index is 448. The molecule has 0 amide bonds. The Morgan fingerprint density at radius 2 is 1.57 bits per heavy atom. The smallest absolute Gasteiger partial charge is 0.106 e. The normalized spacial score (nSPS) is 33.1. The summed E-state index contributed by atoms with van der Waals surface area (Å²) in [4.78, 5) is 0. The number of hydrogen-bond donors (Lipinski definition) is 0. The molecule has 1 aliphatic rings. The van der Waals surface area contributed by atoms with Crippen LogP contribution in [0.4, 0.5) is 0 Å². The third-order valence-corrected chi connectivity index (χ3v) is 6.45. The quantitative estimate of drug-likeness (QED) is 0.718. The SMILES string of the molecule is CCC1OC(SCc2cc(C)cc(C)c2)C(C)C(C)C1C. The first-order valence-corrected chi connectivity index (χ1v) is 9.31. The van der Waals surface area contributed by atoms with Crippen LogP contribution in [0.1, 0.15) is 50.8 Å². The summed E-state index contributed by atoms with van der Waals surface area (Å²) in [6.45, 7) is 13.7. The van der Waals surface area contributed by atoms with Crippen molar-refractivity contribution in [2.45, 2.75) is 65.3 Å². The lowest BCUT2D eigenvalue weighted by Crippen LogP contribution is -2.43. The molecule has 1 aromatic rings. The lowest BCUT2D eigenvalue weighted by molar-refractivity contribution is -0.0945. The van der Waals surface area contributed by atoms with E-state index in [9.17, 15) is 0 Å². The molecule has 1 heterocycles. The molecule has 1 aromatic carbocycles. The average molecular weight is 307 g/mol. The van der Waals surface area contributed by atoms with Crippen molar-refractivity contribution in [2.75, 3.05) is 0 Å². The molecule has 1 saturated heterocycles. The van der Waals surface area contributed by atoms with Crippen molar-refractivity contribution < 1.29 is 4.74 Å². The molecule has 1 nitrogen and oxygen atoms in total. The van der Waals surface area contributed by atoms with Crippen molar-refractivity contribution in [3.8, 4) is 0 Å². The van der Waals surface area contributed by atoms with Crippen LogP contribution in [0.25, 0.3) is 0 Å². The zero-order valence-electron chi connectivity index (χ0n) is 14.3. The van der Waals surface area contributed by atoms with Gasteiger partial charge in [0, 0.05) is 5.75 Å². The highest BCUT2D eigenvalue weighted by Crippen LogP contribution is 2.41. The Balaban J connectivity index is 2.01. The summed E-state index contributed by atoms with van der Waals surface area (Å²) in [5, 5.41) is 0. The Labute approximate surface area is 134 Å². The Morgan fingerprint density at radius 1 is 0.952 bits per heavy atom. The second-order valence-electron chi connectivity index (χ2n) is 6.84. The Kier molecular flexibility index (Phi) is 5.79. The Morgan fingerprint density at radius 3 is 2.14 bits per heavy atom. The minimum absolute atomic E-state index is 0.335. The minimum atomic E-state index is 0.335. The van der Waals surface area contributed by atoms with Gasteiger partial charge in [0.2, 0.25) is 0 Å². The van der Waals surface area contributed by atoms with Crippen LogP contribution in [0.2, 0.25) is 0 Å². The van der Waals surface area contributed by atoms with Gasteiger partial charge in [0.05, 0.1) is 6.10 Å². The zero-order valence-corrected chi connectivity index (χ0v) is 15.2. The number of ether oxygens (including phenoxy) is 1. The maximum absolute atomic E-state index is 6.38. The molecule has 0 aromatic heterocycles. The summed E-state index contributed by atoms with van der Waals surface area (Å²) < 4.78 is 6.38. The molecular weight excluding hydrogens is 276 g/mol. The second kappa shape index (κ2) is 7.19. The van der Waals surface area contributed by atoms with Crippen molar-refractivity contribution >= 4 is 11.8 Å². The van der Waals surface area contributed by atoms with Gasteiger partial charge in [0.15, 0.2) is 0 Å². The second-order valence-corrected chi connectivity index (χ2v) is 7.92. The Hall–Kier alpha value is -0.470. The van der Waals surface area contributed by atoms with Crippen LogP contribution in [0, 0.1) is 31.6 Å². The molecule has 21 heavy (non-hydrogen) atoms. The largest absolute Gasteiger partial charge is 0.364 e. The molecule has 2 heteroatoms. The van der Waals surface area contributed by atoms with Gasteiger partial charge in [-0.3, -0.25) is 0 Å². The molecule has 5 atom stereocenters. The molecule has 118 valence electrons. The van der Waals surface area contributed by atoms with Crippen LogP contribution in [-0.2, 0) is 10.5 Å². The summed E-state index contributed by atoms with van der Waals surface area (Å²) in [6.07, 6.45) is 1.55. The van der Waals surface area contributed by atoms with Gasteiger partial charge < -0.3 is 4.74 Å². The standard InChI is InChI=1S/C19H30OS/c1-7-18-15(5)14(4)16(6)19(20-18)21-11-17-9-12(2)8-13(3)10-17/h8-10,14-16,18-19H,7,11H2,1-6H3. The molecule has 2 rings (SSSR count).